The van der Waals surface area contributed by atoms with Crippen molar-refractivity contribution in [2.24, 2.45) is 0 Å². The molecule has 3 aromatic carbocycles. The zero-order valence-electron chi connectivity index (χ0n) is 17.2. The average Bonchev–Trinajstić information content (AvgIpc) is 3.03. The molecule has 0 unspecified atom stereocenters. The normalized spacial score (nSPS) is 15.0. The fourth-order valence-corrected chi connectivity index (χ4v) is 4.63. The minimum absolute atomic E-state index is 0.117. The Bertz CT molecular complexity index is 1190. The summed E-state index contributed by atoms with van der Waals surface area (Å²) in [6, 6.07) is 19.5. The van der Waals surface area contributed by atoms with Crippen LogP contribution in [0.25, 0.3) is 6.08 Å². The predicted octanol–water partition coefficient (Wildman–Crippen LogP) is 6.77. The lowest BCUT2D eigenvalue weighted by atomic mass is 10.1. The molecule has 4 rings (SSSR count). The zero-order valence-corrected chi connectivity index (χ0v) is 19.6. The van der Waals surface area contributed by atoms with Crippen molar-refractivity contribution in [3.8, 4) is 5.75 Å². The lowest BCUT2D eigenvalue weighted by Gasteiger charge is -2.14. The Hall–Kier alpha value is -2.67. The molecule has 3 aromatic rings. The summed E-state index contributed by atoms with van der Waals surface area (Å²) in [6.07, 6.45) is 1.78. The molecular weight excluding hydrogens is 465 g/mol. The summed E-state index contributed by atoms with van der Waals surface area (Å²) in [4.78, 5) is 15.1. The number of hydrogen-bond acceptors (Lipinski definition) is 4. The van der Waals surface area contributed by atoms with E-state index in [-0.39, 0.29) is 18.3 Å². The van der Waals surface area contributed by atoms with Crippen LogP contribution < -0.4 is 4.74 Å². The highest BCUT2D eigenvalue weighted by molar-refractivity contribution is 8.26. The molecule has 0 bridgehead atoms. The number of nitrogens with zero attached hydrogens (tertiary/aromatic N) is 1. The smallest absolute Gasteiger partial charge is 0.266 e. The van der Waals surface area contributed by atoms with E-state index in [9.17, 15) is 9.18 Å². The van der Waals surface area contributed by atoms with Gasteiger partial charge in [-0.3, -0.25) is 9.69 Å². The quantitative estimate of drug-likeness (QED) is 0.286. The van der Waals surface area contributed by atoms with Gasteiger partial charge in [0.25, 0.3) is 5.91 Å². The lowest BCUT2D eigenvalue weighted by molar-refractivity contribution is -0.122. The molecule has 32 heavy (non-hydrogen) atoms. The average molecular weight is 484 g/mol. The van der Waals surface area contributed by atoms with Crippen LogP contribution in [-0.4, -0.2) is 15.1 Å². The summed E-state index contributed by atoms with van der Waals surface area (Å²) in [6.45, 7) is 2.74. The van der Waals surface area contributed by atoms with Gasteiger partial charge in [-0.05, 0) is 54.0 Å². The minimum Gasteiger partial charge on any atom is -0.487 e. The number of carbonyl (C=O) groups excluding carboxylic acids is 1. The van der Waals surface area contributed by atoms with Gasteiger partial charge in [0.05, 0.1) is 16.5 Å². The van der Waals surface area contributed by atoms with Gasteiger partial charge in [-0.15, -0.1) is 0 Å². The molecule has 0 radical (unpaired) electrons. The number of rotatable bonds is 6. The standard InChI is InChI=1S/C25H19ClFNO2S2/c1-16-2-4-17(5-3-16)14-28-24(29)23(32-25(28)31)13-19-8-11-22(21(26)12-19)30-15-18-6-9-20(27)10-7-18/h2-13H,14-15H2,1H3/b23-13-. The molecular formula is C25H19ClFNO2S2. The van der Waals surface area contributed by atoms with Gasteiger partial charge >= 0.3 is 0 Å². The number of halogens is 2. The van der Waals surface area contributed by atoms with Crippen LogP contribution in [0.3, 0.4) is 0 Å². The van der Waals surface area contributed by atoms with E-state index in [2.05, 4.69) is 0 Å². The van der Waals surface area contributed by atoms with Gasteiger partial charge < -0.3 is 4.74 Å². The maximum Gasteiger partial charge on any atom is 0.266 e. The van der Waals surface area contributed by atoms with E-state index in [1.165, 1.54) is 29.5 Å². The number of thioether (sulfide) groups is 1. The summed E-state index contributed by atoms with van der Waals surface area (Å²) in [7, 11) is 0. The van der Waals surface area contributed by atoms with Crippen molar-refractivity contribution in [2.45, 2.75) is 20.1 Å². The lowest BCUT2D eigenvalue weighted by Crippen LogP contribution is -2.27. The van der Waals surface area contributed by atoms with Crippen LogP contribution in [0.1, 0.15) is 22.3 Å². The first kappa shape index (κ1) is 22.5. The van der Waals surface area contributed by atoms with E-state index in [1.807, 2.05) is 37.3 Å². The van der Waals surface area contributed by atoms with Gasteiger partial charge in [0, 0.05) is 0 Å². The van der Waals surface area contributed by atoms with Crippen LogP contribution in [0.15, 0.2) is 71.6 Å². The molecule has 0 aliphatic carbocycles. The predicted molar refractivity (Wildman–Crippen MR) is 132 cm³/mol. The van der Waals surface area contributed by atoms with Crippen molar-refractivity contribution in [2.75, 3.05) is 0 Å². The third kappa shape index (κ3) is 5.38. The molecule has 162 valence electrons. The monoisotopic (exact) mass is 483 g/mol. The van der Waals surface area contributed by atoms with Crippen LogP contribution in [0.2, 0.25) is 5.02 Å². The molecule has 0 aromatic heterocycles. The van der Waals surface area contributed by atoms with Crippen LogP contribution in [0, 0.1) is 12.7 Å². The Kier molecular flexibility index (Phi) is 6.94. The first-order valence-corrected chi connectivity index (χ1v) is 11.5. The molecule has 0 atom stereocenters. The van der Waals surface area contributed by atoms with Gasteiger partial charge in [-0.2, -0.15) is 0 Å². The molecule has 0 saturated carbocycles. The van der Waals surface area contributed by atoms with Gasteiger partial charge in [-0.25, -0.2) is 4.39 Å². The molecule has 1 saturated heterocycles. The summed E-state index contributed by atoms with van der Waals surface area (Å²) in [5.74, 6) is 0.105. The molecule has 1 aliphatic rings. The second-order valence-electron chi connectivity index (χ2n) is 7.36. The van der Waals surface area contributed by atoms with Gasteiger partial charge in [0.2, 0.25) is 0 Å². The van der Waals surface area contributed by atoms with Crippen LogP contribution in [-0.2, 0) is 17.9 Å². The van der Waals surface area contributed by atoms with Crippen molar-refractivity contribution < 1.29 is 13.9 Å². The molecule has 1 amide bonds. The van der Waals surface area contributed by atoms with Crippen molar-refractivity contribution in [1.29, 1.82) is 0 Å². The second kappa shape index (κ2) is 9.86. The van der Waals surface area contributed by atoms with Gasteiger partial charge in [0.15, 0.2) is 0 Å². The second-order valence-corrected chi connectivity index (χ2v) is 9.44. The Morgan fingerprint density at radius 2 is 1.75 bits per heavy atom. The van der Waals surface area contributed by atoms with E-state index >= 15 is 0 Å². The highest BCUT2D eigenvalue weighted by atomic mass is 35.5. The van der Waals surface area contributed by atoms with Crippen LogP contribution >= 0.6 is 35.6 Å². The molecule has 1 heterocycles. The van der Waals surface area contributed by atoms with Crippen LogP contribution in [0.4, 0.5) is 4.39 Å². The molecule has 1 aliphatic heterocycles. The van der Waals surface area contributed by atoms with Gasteiger partial charge in [-0.1, -0.05) is 83.6 Å². The Morgan fingerprint density at radius 3 is 2.44 bits per heavy atom. The number of ether oxygens (including phenoxy) is 1. The van der Waals surface area contributed by atoms with E-state index in [0.29, 0.717) is 26.5 Å². The van der Waals surface area contributed by atoms with E-state index in [0.717, 1.165) is 16.7 Å². The topological polar surface area (TPSA) is 29.5 Å². The van der Waals surface area contributed by atoms with Crippen molar-refractivity contribution in [3.63, 3.8) is 0 Å². The highest BCUT2D eigenvalue weighted by Crippen LogP contribution is 2.35. The zero-order chi connectivity index (χ0) is 22.7. The van der Waals surface area contributed by atoms with Crippen molar-refractivity contribution >= 4 is 51.9 Å². The Labute approximate surface area is 200 Å². The number of hydrogen-bond donors (Lipinski definition) is 0. The summed E-state index contributed by atoms with van der Waals surface area (Å²) in [5.41, 5.74) is 3.81. The third-order valence-electron chi connectivity index (χ3n) is 4.90. The third-order valence-corrected chi connectivity index (χ3v) is 6.57. The molecule has 1 fully saturated rings. The SMILES string of the molecule is Cc1ccc(CN2C(=O)/C(=C/c3ccc(OCc4ccc(F)cc4)c(Cl)c3)SC2=S)cc1. The summed E-state index contributed by atoms with van der Waals surface area (Å²) in [5, 5.41) is 0.427. The molecule has 0 N–H and O–H groups in total. The Morgan fingerprint density at radius 1 is 1.06 bits per heavy atom. The van der Waals surface area contributed by atoms with Crippen LogP contribution in [0.5, 0.6) is 5.75 Å². The fourth-order valence-electron chi connectivity index (χ4n) is 3.13. The Balaban J connectivity index is 1.44. The summed E-state index contributed by atoms with van der Waals surface area (Å²) < 4.78 is 19.3. The number of thiocarbonyl (C=S) groups is 1. The van der Waals surface area contributed by atoms with Crippen molar-refractivity contribution in [3.05, 3.63) is 105 Å². The van der Waals surface area contributed by atoms with Gasteiger partial charge in [0.1, 0.15) is 22.5 Å². The minimum atomic E-state index is -0.291. The number of amides is 1. The molecule has 0 spiro atoms. The number of benzene rings is 3. The van der Waals surface area contributed by atoms with E-state index in [1.54, 1.807) is 35.2 Å². The highest BCUT2D eigenvalue weighted by Gasteiger charge is 2.32. The molecule has 7 heteroatoms. The maximum atomic E-state index is 13.0. The van der Waals surface area contributed by atoms with E-state index in [4.69, 9.17) is 28.6 Å². The largest absolute Gasteiger partial charge is 0.487 e. The maximum absolute atomic E-state index is 13.0. The summed E-state index contributed by atoms with van der Waals surface area (Å²) >= 11 is 13.1. The van der Waals surface area contributed by atoms with E-state index < -0.39 is 0 Å². The first-order chi connectivity index (χ1) is 15.4. The number of carbonyl (C=O) groups is 1. The van der Waals surface area contributed by atoms with Crippen molar-refractivity contribution in [1.82, 2.24) is 4.90 Å². The fraction of sp³-hybridized carbons (Fsp3) is 0.120. The first-order valence-electron chi connectivity index (χ1n) is 9.87. The number of aryl methyl sites for hydroxylation is 1. The molecule has 3 nitrogen and oxygen atoms in total.